The SMILES string of the molecule is Cc1ccc(NC(=O)[C@H]2CCc3ccccc3N2)cc1. The molecule has 0 aromatic heterocycles. The molecular formula is C17H18N2O. The van der Waals surface area contributed by atoms with Gasteiger partial charge in [-0.2, -0.15) is 0 Å². The average molecular weight is 266 g/mol. The molecule has 0 fully saturated rings. The first-order valence-corrected chi connectivity index (χ1v) is 6.94. The van der Waals surface area contributed by atoms with Crippen LogP contribution in [0.4, 0.5) is 11.4 Å². The highest BCUT2D eigenvalue weighted by Gasteiger charge is 2.23. The minimum Gasteiger partial charge on any atom is -0.373 e. The largest absolute Gasteiger partial charge is 0.373 e. The zero-order chi connectivity index (χ0) is 13.9. The molecule has 2 N–H and O–H groups in total. The second kappa shape index (κ2) is 5.37. The van der Waals surface area contributed by atoms with Crippen molar-refractivity contribution in [2.24, 2.45) is 0 Å². The molecule has 1 heterocycles. The maximum Gasteiger partial charge on any atom is 0.246 e. The van der Waals surface area contributed by atoms with Crippen LogP contribution in [0, 0.1) is 6.92 Å². The van der Waals surface area contributed by atoms with E-state index in [4.69, 9.17) is 0 Å². The van der Waals surface area contributed by atoms with Gasteiger partial charge in [-0.25, -0.2) is 0 Å². The van der Waals surface area contributed by atoms with E-state index in [1.807, 2.05) is 49.4 Å². The summed E-state index contributed by atoms with van der Waals surface area (Å²) in [6.07, 6.45) is 1.77. The average Bonchev–Trinajstić information content (AvgIpc) is 2.49. The lowest BCUT2D eigenvalue weighted by molar-refractivity contribution is -0.117. The van der Waals surface area contributed by atoms with Crippen molar-refractivity contribution in [3.8, 4) is 0 Å². The second-order valence-corrected chi connectivity index (χ2v) is 5.25. The third kappa shape index (κ3) is 2.67. The number of hydrogen-bond acceptors (Lipinski definition) is 2. The summed E-state index contributed by atoms with van der Waals surface area (Å²) >= 11 is 0. The molecule has 0 spiro atoms. The fourth-order valence-electron chi connectivity index (χ4n) is 2.50. The molecule has 1 amide bonds. The Labute approximate surface area is 119 Å². The molecule has 102 valence electrons. The first-order valence-electron chi connectivity index (χ1n) is 6.94. The van der Waals surface area contributed by atoms with Crippen LogP contribution in [0.5, 0.6) is 0 Å². The molecule has 3 heteroatoms. The topological polar surface area (TPSA) is 41.1 Å². The fraction of sp³-hybridized carbons (Fsp3) is 0.235. The van der Waals surface area contributed by atoms with Gasteiger partial charge in [-0.05, 0) is 43.5 Å². The standard InChI is InChI=1S/C17H18N2O/c1-12-6-9-14(10-7-12)18-17(20)16-11-8-13-4-2-3-5-15(13)19-16/h2-7,9-10,16,19H,8,11H2,1H3,(H,18,20)/t16-/m1/s1. The first-order chi connectivity index (χ1) is 9.72. The number of carbonyl (C=O) groups excluding carboxylic acids is 1. The molecule has 0 saturated carbocycles. The van der Waals surface area contributed by atoms with E-state index in [1.54, 1.807) is 0 Å². The van der Waals surface area contributed by atoms with E-state index in [2.05, 4.69) is 16.7 Å². The number of rotatable bonds is 2. The summed E-state index contributed by atoms with van der Waals surface area (Å²) in [6.45, 7) is 2.03. The minimum absolute atomic E-state index is 0.0309. The van der Waals surface area contributed by atoms with Crippen molar-refractivity contribution in [1.29, 1.82) is 0 Å². The summed E-state index contributed by atoms with van der Waals surface area (Å²) in [5, 5.41) is 6.28. The van der Waals surface area contributed by atoms with Crippen LogP contribution in [0.15, 0.2) is 48.5 Å². The molecule has 3 nitrogen and oxygen atoms in total. The van der Waals surface area contributed by atoms with E-state index in [-0.39, 0.29) is 11.9 Å². The minimum atomic E-state index is -0.161. The van der Waals surface area contributed by atoms with E-state index in [0.717, 1.165) is 24.2 Å². The zero-order valence-electron chi connectivity index (χ0n) is 11.5. The van der Waals surface area contributed by atoms with E-state index in [0.29, 0.717) is 0 Å². The molecule has 0 unspecified atom stereocenters. The Hall–Kier alpha value is -2.29. The molecule has 1 aliphatic heterocycles. The first kappa shape index (κ1) is 12.7. The summed E-state index contributed by atoms with van der Waals surface area (Å²) in [6, 6.07) is 15.9. The van der Waals surface area contributed by atoms with Gasteiger partial charge in [-0.1, -0.05) is 35.9 Å². The van der Waals surface area contributed by atoms with Gasteiger partial charge in [0.1, 0.15) is 6.04 Å². The third-order valence-electron chi connectivity index (χ3n) is 3.69. The molecule has 0 aliphatic carbocycles. The third-order valence-corrected chi connectivity index (χ3v) is 3.69. The van der Waals surface area contributed by atoms with Crippen molar-refractivity contribution in [1.82, 2.24) is 0 Å². The lowest BCUT2D eigenvalue weighted by Crippen LogP contribution is -2.37. The molecule has 2 aromatic carbocycles. The highest BCUT2D eigenvalue weighted by molar-refractivity contribution is 5.97. The van der Waals surface area contributed by atoms with E-state index >= 15 is 0 Å². The van der Waals surface area contributed by atoms with Gasteiger partial charge >= 0.3 is 0 Å². The maximum absolute atomic E-state index is 12.3. The summed E-state index contributed by atoms with van der Waals surface area (Å²) < 4.78 is 0. The predicted octanol–water partition coefficient (Wildman–Crippen LogP) is 3.36. The molecular weight excluding hydrogens is 248 g/mol. The predicted molar refractivity (Wildman–Crippen MR) is 82.0 cm³/mol. The number of fused-ring (bicyclic) bond motifs is 1. The second-order valence-electron chi connectivity index (χ2n) is 5.25. The van der Waals surface area contributed by atoms with Crippen LogP contribution in [0.3, 0.4) is 0 Å². The van der Waals surface area contributed by atoms with Crippen molar-refractivity contribution in [2.45, 2.75) is 25.8 Å². The molecule has 1 aliphatic rings. The van der Waals surface area contributed by atoms with Crippen LogP contribution in [0.25, 0.3) is 0 Å². The number of hydrogen-bond donors (Lipinski definition) is 2. The Bertz CT molecular complexity index is 619. The molecule has 20 heavy (non-hydrogen) atoms. The van der Waals surface area contributed by atoms with E-state index < -0.39 is 0 Å². The van der Waals surface area contributed by atoms with Crippen molar-refractivity contribution in [3.05, 3.63) is 59.7 Å². The lowest BCUT2D eigenvalue weighted by atomic mass is 9.97. The van der Waals surface area contributed by atoms with Gasteiger partial charge in [-0.15, -0.1) is 0 Å². The van der Waals surface area contributed by atoms with Gasteiger partial charge in [0.2, 0.25) is 5.91 Å². The Kier molecular flexibility index (Phi) is 3.42. The molecule has 0 radical (unpaired) electrons. The number of carbonyl (C=O) groups is 1. The summed E-state index contributed by atoms with van der Waals surface area (Å²) in [4.78, 5) is 12.3. The number of amides is 1. The van der Waals surface area contributed by atoms with Crippen LogP contribution < -0.4 is 10.6 Å². The fourth-order valence-corrected chi connectivity index (χ4v) is 2.50. The molecule has 1 atom stereocenters. The van der Waals surface area contributed by atoms with Gasteiger partial charge in [0.15, 0.2) is 0 Å². The van der Waals surface area contributed by atoms with Gasteiger partial charge in [0.25, 0.3) is 0 Å². The van der Waals surface area contributed by atoms with Crippen molar-refractivity contribution >= 4 is 17.3 Å². The quantitative estimate of drug-likeness (QED) is 0.875. The Morgan fingerprint density at radius 3 is 2.70 bits per heavy atom. The van der Waals surface area contributed by atoms with Gasteiger partial charge in [0, 0.05) is 11.4 Å². The Morgan fingerprint density at radius 1 is 1.15 bits per heavy atom. The normalized spacial score (nSPS) is 16.9. The number of aryl methyl sites for hydroxylation is 2. The highest BCUT2D eigenvalue weighted by atomic mass is 16.2. The monoisotopic (exact) mass is 266 g/mol. The molecule has 0 saturated heterocycles. The van der Waals surface area contributed by atoms with Crippen molar-refractivity contribution in [2.75, 3.05) is 10.6 Å². The molecule has 0 bridgehead atoms. The van der Waals surface area contributed by atoms with E-state index in [1.165, 1.54) is 11.1 Å². The van der Waals surface area contributed by atoms with Gasteiger partial charge in [0.05, 0.1) is 0 Å². The molecule has 3 rings (SSSR count). The summed E-state index contributed by atoms with van der Waals surface area (Å²) in [7, 11) is 0. The van der Waals surface area contributed by atoms with Crippen molar-refractivity contribution < 1.29 is 4.79 Å². The van der Waals surface area contributed by atoms with Crippen LogP contribution in [0.1, 0.15) is 17.5 Å². The van der Waals surface area contributed by atoms with Crippen LogP contribution in [-0.2, 0) is 11.2 Å². The number of para-hydroxylation sites is 1. The van der Waals surface area contributed by atoms with Crippen LogP contribution in [0.2, 0.25) is 0 Å². The van der Waals surface area contributed by atoms with Crippen LogP contribution >= 0.6 is 0 Å². The molecule has 2 aromatic rings. The van der Waals surface area contributed by atoms with Crippen LogP contribution in [-0.4, -0.2) is 11.9 Å². The Balaban J connectivity index is 1.68. The lowest BCUT2D eigenvalue weighted by Gasteiger charge is -2.26. The maximum atomic E-state index is 12.3. The van der Waals surface area contributed by atoms with Gasteiger partial charge in [-0.3, -0.25) is 4.79 Å². The summed E-state index contributed by atoms with van der Waals surface area (Å²) in [5.74, 6) is 0.0309. The van der Waals surface area contributed by atoms with Crippen molar-refractivity contribution in [3.63, 3.8) is 0 Å². The Morgan fingerprint density at radius 2 is 1.90 bits per heavy atom. The number of nitrogens with one attached hydrogen (secondary N) is 2. The number of anilines is 2. The van der Waals surface area contributed by atoms with E-state index in [9.17, 15) is 4.79 Å². The zero-order valence-corrected chi connectivity index (χ0v) is 11.5. The highest BCUT2D eigenvalue weighted by Crippen LogP contribution is 2.24. The number of benzene rings is 2. The summed E-state index contributed by atoms with van der Waals surface area (Å²) in [5.41, 5.74) is 4.39. The smallest absolute Gasteiger partial charge is 0.246 e. The van der Waals surface area contributed by atoms with Gasteiger partial charge < -0.3 is 10.6 Å².